The van der Waals surface area contributed by atoms with E-state index in [2.05, 4.69) is 269 Å². The molecule has 14 N–H and O–H groups in total. The van der Waals surface area contributed by atoms with Crippen molar-refractivity contribution in [2.45, 2.75) is 179 Å². The predicted molar refractivity (Wildman–Crippen MR) is 605 cm³/mol. The van der Waals surface area contributed by atoms with Crippen molar-refractivity contribution in [3.05, 3.63) is 360 Å². The molecule has 28 nitrogen and oxygen atoms in total. The molecule has 7 aromatic carbocycles. The molecule has 12 amide bonds. The Bertz CT molecular complexity index is 5090. The lowest BCUT2D eigenvalue weighted by molar-refractivity contribution is -0.884. The van der Waals surface area contributed by atoms with Crippen LogP contribution in [0.25, 0.3) is 0 Å². The van der Waals surface area contributed by atoms with Crippen LogP contribution in [0.4, 0.5) is 34.5 Å². The molecule has 0 saturated carbocycles. The Morgan fingerprint density at radius 2 is 0.568 bits per heavy atom. The number of rotatable bonds is 47. The first-order valence-corrected chi connectivity index (χ1v) is 54.6. The van der Waals surface area contributed by atoms with E-state index in [9.17, 15) is 38.9 Å². The molecule has 12 rings (SSSR count). The Balaban J connectivity index is 0.000000237. The number of thiophene rings is 4. The summed E-state index contributed by atoms with van der Waals surface area (Å²) in [6.07, 6.45) is 8.91. The third kappa shape index (κ3) is 51.2. The Labute approximate surface area is 887 Å². The van der Waals surface area contributed by atoms with Crippen LogP contribution >= 0.6 is 56.7 Å². The van der Waals surface area contributed by atoms with Crippen molar-refractivity contribution < 1.29 is 43.5 Å². The molecular weight excluding hydrogens is 1930 g/mol. The number of benzene rings is 7. The number of nitro benzene ring substituents is 1. The summed E-state index contributed by atoms with van der Waals surface area (Å²) in [5, 5.41) is 64.0. The van der Waals surface area contributed by atoms with E-state index < -0.39 is 4.92 Å². The second-order valence-electron chi connectivity index (χ2n) is 38.3. The summed E-state index contributed by atoms with van der Waals surface area (Å²) in [6, 6.07) is 78.0. The molecule has 0 aliphatic rings. The minimum absolute atomic E-state index is 0.0174. The number of amides is 12. The summed E-state index contributed by atoms with van der Waals surface area (Å²) in [4.78, 5) is 99.7. The summed E-state index contributed by atoms with van der Waals surface area (Å²) in [5.41, 5.74) is 14.5. The number of carbonyl (C=O) groups is 6. The predicted octanol–water partition coefficient (Wildman–Crippen LogP) is 15.1. The van der Waals surface area contributed by atoms with Gasteiger partial charge in [0.1, 0.15) is 17.1 Å². The summed E-state index contributed by atoms with van der Waals surface area (Å²) < 4.78 is 0. The molecule has 4 unspecified atom stereocenters. The maximum Gasteiger partial charge on any atom is 0.315 e. The van der Waals surface area contributed by atoms with E-state index in [1.165, 1.54) is 82.4 Å². The maximum absolute atomic E-state index is 12.1. The van der Waals surface area contributed by atoms with Gasteiger partial charge in [-0.15, -0.1) is 11.3 Å². The number of quaternary nitrogens is 2. The fraction of sp³-hybridized carbons (Fsp3) is 0.407. The van der Waals surface area contributed by atoms with Gasteiger partial charge in [0.25, 0.3) is 5.69 Å². The van der Waals surface area contributed by atoms with Crippen molar-refractivity contribution >= 4 is 98.6 Å². The van der Waals surface area contributed by atoms with E-state index in [1.807, 2.05) is 195 Å². The number of urea groups is 6. The van der Waals surface area contributed by atoms with Crippen molar-refractivity contribution in [1.82, 2.24) is 88.4 Å². The minimum atomic E-state index is -0.447. The van der Waals surface area contributed by atoms with Gasteiger partial charge in [-0.3, -0.25) is 10.1 Å². The van der Waals surface area contributed by atoms with E-state index in [1.54, 1.807) is 68.8 Å². The Kier molecular flexibility index (Phi) is 56.4. The lowest BCUT2D eigenvalue weighted by atomic mass is 10.1. The zero-order chi connectivity index (χ0) is 106. The van der Waals surface area contributed by atoms with Gasteiger partial charge in [-0.2, -0.15) is 45.3 Å². The molecule has 0 fully saturated rings. The van der Waals surface area contributed by atoms with Crippen molar-refractivity contribution in [3.63, 3.8) is 0 Å². The van der Waals surface area contributed by atoms with Crippen LogP contribution in [0.3, 0.4) is 0 Å². The SMILES string of the molecule is CC(Cc1ccsc1)NC(=O)NCC(Cc1ccccc1)N(C)C.CC(Cc1ccsc1)NC(=O)NC[C@H](Cc1ccccc1)N(C)C.C[C@@H](Cc1ccsc1)NC(=O)NCC(Cc1ccccc1)N(C)C.C[C@@H](Cc1ccsc1)NC(=O)NC[C@H](Cc1ccccc1)N(C)C.C[NH+](C)[C@H](CNC(=O)NCc1cccc([N+](=O)[O-])c1)Cc1ccccc1.Cc1nc(CNC(=O)NC[C@@H](Cc2ccccc2)[NH+](C)C)sc1C. The van der Waals surface area contributed by atoms with E-state index in [-0.39, 0.29) is 103 Å². The smallest absolute Gasteiger partial charge is 0.315 e. The molecule has 0 aliphatic carbocycles. The highest BCUT2D eigenvalue weighted by Crippen LogP contribution is 2.20. The maximum atomic E-state index is 12.1. The van der Waals surface area contributed by atoms with Crippen LogP contribution in [-0.4, -0.2) is 250 Å². The lowest BCUT2D eigenvalue weighted by Gasteiger charge is -2.25. The molecule has 10 atom stereocenters. The first kappa shape index (κ1) is 121. The Morgan fingerprint density at radius 3 is 0.801 bits per heavy atom. The van der Waals surface area contributed by atoms with Crippen LogP contribution in [-0.2, 0) is 77.3 Å². The average Bonchev–Trinajstić information content (AvgIpc) is 1.98. The first-order valence-electron chi connectivity index (χ1n) is 50.0. The van der Waals surface area contributed by atoms with E-state index >= 15 is 0 Å². The van der Waals surface area contributed by atoms with Crippen LogP contribution < -0.4 is 73.6 Å². The highest BCUT2D eigenvalue weighted by atomic mass is 32.1. The number of hydrogen-bond donors (Lipinski definition) is 14. The number of non-ortho nitro benzene ring substituents is 1. The van der Waals surface area contributed by atoms with Crippen LogP contribution in [0.5, 0.6) is 0 Å². The zero-order valence-corrected chi connectivity index (χ0v) is 92.6. The highest BCUT2D eigenvalue weighted by Gasteiger charge is 2.24. The summed E-state index contributed by atoms with van der Waals surface area (Å²) in [7, 11) is 24.8. The zero-order valence-electron chi connectivity index (χ0n) is 88.6. The summed E-state index contributed by atoms with van der Waals surface area (Å²) >= 11 is 8.37. The number of aromatic nitrogens is 1. The molecule has 5 heterocycles. The van der Waals surface area contributed by atoms with Gasteiger partial charge >= 0.3 is 36.2 Å². The second-order valence-corrected chi connectivity index (χ2v) is 42.7. The molecule has 146 heavy (non-hydrogen) atoms. The van der Waals surface area contributed by atoms with Crippen LogP contribution in [0.1, 0.15) is 104 Å². The van der Waals surface area contributed by atoms with Crippen LogP contribution in [0, 0.1) is 24.0 Å². The van der Waals surface area contributed by atoms with Crippen molar-refractivity contribution in [2.75, 3.05) is 124 Å². The number of thiazole rings is 1. The van der Waals surface area contributed by atoms with Gasteiger partial charge in [0.05, 0.1) is 58.4 Å². The fourth-order valence-corrected chi connectivity index (χ4v) is 19.1. The molecule has 5 aromatic heterocycles. The van der Waals surface area contributed by atoms with Gasteiger partial charge in [-0.05, 0) is 278 Å². The number of likely N-dealkylation sites (N-methyl/N-ethyl adjacent to an activating group) is 6. The molecule has 0 bridgehead atoms. The van der Waals surface area contributed by atoms with Gasteiger partial charge in [-0.25, -0.2) is 33.8 Å². The molecule has 0 saturated heterocycles. The third-order valence-corrected chi connectivity index (χ3v) is 28.5. The minimum Gasteiger partial charge on any atom is -0.337 e. The van der Waals surface area contributed by atoms with Gasteiger partial charge in [-0.1, -0.05) is 194 Å². The fourth-order valence-electron chi connectivity index (χ4n) is 15.5. The molecule has 0 spiro atoms. The summed E-state index contributed by atoms with van der Waals surface area (Å²) in [5.74, 6) is 0. The van der Waals surface area contributed by atoms with E-state index in [0.717, 1.165) is 74.9 Å². The first-order chi connectivity index (χ1) is 70.1. The third-order valence-electron chi connectivity index (χ3n) is 24.5. The average molecular weight is 2090 g/mol. The summed E-state index contributed by atoms with van der Waals surface area (Å²) in [6.45, 7) is 16.6. The largest absolute Gasteiger partial charge is 0.337 e. The Hall–Kier alpha value is -12.3. The topological polar surface area (TPSA) is 325 Å². The number of carbonyl (C=O) groups excluding carboxylic acids is 6. The molecule has 12 aromatic rings. The van der Waals surface area contributed by atoms with E-state index in [0.29, 0.717) is 57.4 Å². The van der Waals surface area contributed by atoms with Crippen molar-refractivity contribution in [1.29, 1.82) is 0 Å². The van der Waals surface area contributed by atoms with Crippen molar-refractivity contribution in [2.24, 2.45) is 0 Å². The number of hydrogen-bond acceptors (Lipinski definition) is 18. The number of aryl methyl sites for hydroxylation is 2. The quantitative estimate of drug-likeness (QED) is 0.0125. The monoisotopic (exact) mass is 2090 g/mol. The van der Waals surface area contributed by atoms with E-state index in [4.69, 9.17) is 0 Å². The van der Waals surface area contributed by atoms with Crippen LogP contribution in [0.2, 0.25) is 0 Å². The standard InChI is InChI=1S/C19H24N4O3.4C19H27N3OS.C18H26N4OS/c1-22(2)18(11-15-7-4-3-5-8-15)14-21-19(24)20-13-16-9-6-10-17(12-16)23(25)26;4*1-15(11-17-9-10-24-14-17)21-19(23)20-13-18(22(2)3)12-16-7-5-4-6-8-16;1-13-14(2)24-17(21-13)12-20-18(23)19-11-16(22(3)4)10-15-8-6-5-7-9-15/h3-10,12,18H,11,13-14H2,1-2H3,(H2,20,21,24);4*4-10,14-15,18H,11-13H2,1-3H3,(H2,20,21,23);5-9,16H,10-12H2,1-4H3,(H2,19,20,23)/p+2/t18-;15?,18-;15-,18?;15-,18-;;16-/m0000.1/s1. The molecule has 0 radical (unpaired) electrons. The molecule has 33 heteroatoms. The van der Waals surface area contributed by atoms with Crippen molar-refractivity contribution in [3.8, 4) is 0 Å². The number of nitrogens with zero attached hydrogens (tertiary/aromatic N) is 6. The highest BCUT2D eigenvalue weighted by molar-refractivity contribution is 7.11. The molecule has 788 valence electrons. The van der Waals surface area contributed by atoms with Gasteiger partial charge < -0.3 is 93.2 Å². The molecular formula is C113H160N20O8S5+2. The number of nitrogens with one attached hydrogen (secondary N) is 14. The van der Waals surface area contributed by atoms with Gasteiger partial charge in [0.2, 0.25) is 0 Å². The second kappa shape index (κ2) is 68.2. The van der Waals surface area contributed by atoms with Gasteiger partial charge in [0, 0.05) is 111 Å². The van der Waals surface area contributed by atoms with Crippen LogP contribution in [0.15, 0.2) is 274 Å². The number of nitro groups is 1. The Morgan fingerprint density at radius 1 is 0.315 bits per heavy atom. The normalized spacial score (nSPS) is 13.0. The lowest BCUT2D eigenvalue weighted by Crippen LogP contribution is -3.11. The van der Waals surface area contributed by atoms with Gasteiger partial charge in [0.15, 0.2) is 0 Å². The molecule has 0 aliphatic heterocycles.